The van der Waals surface area contributed by atoms with Crippen LogP contribution in [0.3, 0.4) is 0 Å². The number of likely N-dealkylation sites (tertiary alicyclic amines) is 1. The number of rotatable bonds is 7. The average Bonchev–Trinajstić information content (AvgIpc) is 3.72. The first-order valence-electron chi connectivity index (χ1n) is 19.1. The summed E-state index contributed by atoms with van der Waals surface area (Å²) in [6, 6.07) is 7.11. The van der Waals surface area contributed by atoms with E-state index in [0.717, 1.165) is 37.1 Å². The van der Waals surface area contributed by atoms with Crippen LogP contribution < -0.4 is 15.0 Å². The number of benzene rings is 2. The molecule has 0 bridgehead atoms. The predicted molar refractivity (Wildman–Crippen MR) is 210 cm³/mol. The van der Waals surface area contributed by atoms with Crippen molar-refractivity contribution in [2.24, 2.45) is 0 Å². The Morgan fingerprint density at radius 2 is 1.70 bits per heavy atom. The SMILES string of the molecule is CN1CCC[C@H]1COc1nc(N2CCN(C(=O)OC(C)(C)C)CC2)c2cc(C3(C#N)CCC3)c(-c3ccc(F)c4sc(NC(=O)OC(C)(C)C)nc34)c(F)c2n1. The maximum absolute atomic E-state index is 17.8. The Hall–Kier alpha value is -4.88. The normalized spacial score (nSPS) is 18.8. The Morgan fingerprint density at radius 3 is 2.30 bits per heavy atom. The molecule has 1 aliphatic carbocycles. The number of piperazine rings is 1. The maximum Gasteiger partial charge on any atom is 0.413 e. The predicted octanol–water partition coefficient (Wildman–Crippen LogP) is 8.01. The third kappa shape index (κ3) is 7.88. The zero-order valence-corrected chi connectivity index (χ0v) is 33.7. The molecule has 2 saturated heterocycles. The van der Waals surface area contributed by atoms with Crippen molar-refractivity contribution in [2.75, 3.05) is 56.6 Å². The number of anilines is 2. The number of ether oxygens (including phenoxy) is 3. The number of hydrogen-bond acceptors (Lipinski definition) is 12. The highest BCUT2D eigenvalue weighted by atomic mass is 32.1. The number of thiazole rings is 1. The fraction of sp³-hybridized carbons (Fsp3) is 0.550. The molecule has 1 N–H and O–H groups in total. The fourth-order valence-corrected chi connectivity index (χ4v) is 8.40. The average molecular weight is 791 g/mol. The van der Waals surface area contributed by atoms with Gasteiger partial charge >= 0.3 is 18.2 Å². The lowest BCUT2D eigenvalue weighted by Crippen LogP contribution is -2.50. The summed E-state index contributed by atoms with van der Waals surface area (Å²) in [5.74, 6) is -0.891. The van der Waals surface area contributed by atoms with Crippen LogP contribution >= 0.6 is 11.3 Å². The van der Waals surface area contributed by atoms with Crippen LogP contribution in [-0.2, 0) is 14.9 Å². The lowest BCUT2D eigenvalue weighted by Gasteiger charge is -2.38. The summed E-state index contributed by atoms with van der Waals surface area (Å²) >= 11 is 0.904. The second kappa shape index (κ2) is 14.9. The van der Waals surface area contributed by atoms with Crippen LogP contribution in [0.15, 0.2) is 18.2 Å². The highest BCUT2D eigenvalue weighted by Gasteiger charge is 2.43. The number of halogens is 2. The Kier molecular flexibility index (Phi) is 10.5. The van der Waals surface area contributed by atoms with Crippen molar-refractivity contribution in [3.8, 4) is 23.2 Å². The highest BCUT2D eigenvalue weighted by Crippen LogP contribution is 2.51. The van der Waals surface area contributed by atoms with E-state index in [0.29, 0.717) is 62.4 Å². The van der Waals surface area contributed by atoms with Gasteiger partial charge in [-0.15, -0.1) is 0 Å². The van der Waals surface area contributed by atoms with Gasteiger partial charge < -0.3 is 28.9 Å². The molecular weight excluding hydrogens is 743 g/mol. The molecule has 1 saturated carbocycles. The number of amides is 2. The van der Waals surface area contributed by atoms with Gasteiger partial charge in [-0.2, -0.15) is 15.2 Å². The van der Waals surface area contributed by atoms with Gasteiger partial charge in [-0.3, -0.25) is 5.32 Å². The van der Waals surface area contributed by atoms with Crippen molar-refractivity contribution in [1.29, 1.82) is 5.26 Å². The van der Waals surface area contributed by atoms with Gasteiger partial charge in [0.05, 0.1) is 21.7 Å². The van der Waals surface area contributed by atoms with E-state index in [1.807, 2.05) is 32.7 Å². The maximum atomic E-state index is 17.8. The topological polar surface area (TPSA) is 146 Å². The smallest absolute Gasteiger partial charge is 0.413 e. The summed E-state index contributed by atoms with van der Waals surface area (Å²) < 4.78 is 50.5. The number of nitriles is 1. The summed E-state index contributed by atoms with van der Waals surface area (Å²) in [6.07, 6.45) is 2.57. The standard InChI is InChI=1S/C40H48F2N8O5S/c1-38(2,3)54-36(51)47-35-45-31-24(11-12-27(41)32(31)56-35)28-26(40(22-43)13-9-14-40)20-25-30(29(28)42)44-34(53-21-23-10-8-15-48(23)7)46-33(25)49-16-18-50(19-17-49)37(52)55-39(4,5)6/h11-12,20,23H,8-10,13-19,21H2,1-7H3,(H,45,47,51)/t23-/m0/s1. The van der Waals surface area contributed by atoms with Crippen LogP contribution in [0.25, 0.3) is 32.2 Å². The van der Waals surface area contributed by atoms with Gasteiger partial charge in [-0.1, -0.05) is 11.3 Å². The van der Waals surface area contributed by atoms with E-state index in [4.69, 9.17) is 19.2 Å². The lowest BCUT2D eigenvalue weighted by atomic mass is 9.63. The van der Waals surface area contributed by atoms with E-state index in [1.54, 1.807) is 31.7 Å². The molecule has 3 fully saturated rings. The van der Waals surface area contributed by atoms with Gasteiger partial charge in [0, 0.05) is 48.7 Å². The van der Waals surface area contributed by atoms with Crippen molar-refractivity contribution in [3.63, 3.8) is 0 Å². The zero-order valence-electron chi connectivity index (χ0n) is 32.9. The number of carbonyl (C=O) groups is 2. The van der Waals surface area contributed by atoms with Gasteiger partial charge in [-0.25, -0.2) is 23.4 Å². The number of hydrogen-bond donors (Lipinski definition) is 1. The Bertz CT molecular complexity index is 2220. The molecule has 2 amide bonds. The molecule has 2 aliphatic heterocycles. The zero-order chi connectivity index (χ0) is 40.2. The Morgan fingerprint density at radius 1 is 0.982 bits per heavy atom. The van der Waals surface area contributed by atoms with Gasteiger partial charge in [-0.05, 0) is 111 Å². The van der Waals surface area contributed by atoms with Crippen LogP contribution in [0.1, 0.15) is 79.2 Å². The molecule has 16 heteroatoms. The summed E-state index contributed by atoms with van der Waals surface area (Å²) in [5, 5.41) is 13.7. The monoisotopic (exact) mass is 790 g/mol. The number of nitrogens with zero attached hydrogens (tertiary/aromatic N) is 7. The first-order chi connectivity index (χ1) is 26.4. The van der Waals surface area contributed by atoms with E-state index in [2.05, 4.69) is 26.3 Å². The van der Waals surface area contributed by atoms with Gasteiger partial charge in [0.15, 0.2) is 10.9 Å². The molecule has 298 valence electrons. The molecule has 2 aromatic carbocycles. The molecular formula is C40H48F2N8O5S. The van der Waals surface area contributed by atoms with Gasteiger partial charge in [0.25, 0.3) is 0 Å². The molecule has 3 aliphatic rings. The second-order valence-corrected chi connectivity index (χ2v) is 17.8. The molecule has 7 rings (SSSR count). The number of likely N-dealkylation sites (N-methyl/N-ethyl adjacent to an activating group) is 1. The minimum atomic E-state index is -1.03. The molecule has 0 radical (unpaired) electrons. The third-order valence-electron chi connectivity index (χ3n) is 10.5. The second-order valence-electron chi connectivity index (χ2n) is 16.8. The van der Waals surface area contributed by atoms with E-state index >= 15 is 8.78 Å². The van der Waals surface area contributed by atoms with Crippen LogP contribution in [-0.4, -0.2) is 101 Å². The van der Waals surface area contributed by atoms with E-state index in [9.17, 15) is 14.9 Å². The number of fused-ring (bicyclic) bond motifs is 2. The molecule has 2 aromatic heterocycles. The van der Waals surface area contributed by atoms with Crippen LogP contribution in [0.5, 0.6) is 6.01 Å². The third-order valence-corrected chi connectivity index (χ3v) is 11.5. The molecule has 4 aromatic rings. The Balaban J connectivity index is 1.37. The minimum absolute atomic E-state index is 0.000343. The fourth-order valence-electron chi connectivity index (χ4n) is 7.52. The van der Waals surface area contributed by atoms with Gasteiger partial charge in [0.1, 0.15) is 35.0 Å². The molecule has 4 heterocycles. The van der Waals surface area contributed by atoms with Crippen LogP contribution in [0.2, 0.25) is 0 Å². The Labute approximate surface area is 328 Å². The van der Waals surface area contributed by atoms with E-state index in [-0.39, 0.29) is 44.0 Å². The molecule has 56 heavy (non-hydrogen) atoms. The van der Waals surface area contributed by atoms with Crippen molar-refractivity contribution in [2.45, 2.75) is 96.3 Å². The molecule has 0 spiro atoms. The van der Waals surface area contributed by atoms with E-state index < -0.39 is 40.4 Å². The quantitative estimate of drug-likeness (QED) is 0.194. The van der Waals surface area contributed by atoms with Crippen molar-refractivity contribution in [1.82, 2.24) is 24.8 Å². The molecule has 1 atom stereocenters. The minimum Gasteiger partial charge on any atom is -0.462 e. The summed E-state index contributed by atoms with van der Waals surface area (Å²) in [7, 11) is 2.03. The van der Waals surface area contributed by atoms with Crippen molar-refractivity contribution < 1.29 is 32.6 Å². The molecule has 13 nitrogen and oxygen atoms in total. The highest BCUT2D eigenvalue weighted by molar-refractivity contribution is 7.22. The number of aromatic nitrogens is 3. The van der Waals surface area contributed by atoms with Crippen LogP contribution in [0, 0.1) is 23.0 Å². The first-order valence-corrected chi connectivity index (χ1v) is 19.9. The summed E-state index contributed by atoms with van der Waals surface area (Å²) in [4.78, 5) is 45.5. The number of carbonyl (C=O) groups excluding carboxylic acids is 2. The lowest BCUT2D eigenvalue weighted by molar-refractivity contribution is 0.0240. The summed E-state index contributed by atoms with van der Waals surface area (Å²) in [5.41, 5.74) is -1.59. The van der Waals surface area contributed by atoms with E-state index in [1.165, 1.54) is 12.1 Å². The molecule has 0 unspecified atom stereocenters. The largest absolute Gasteiger partial charge is 0.462 e. The van der Waals surface area contributed by atoms with Gasteiger partial charge in [0.2, 0.25) is 0 Å². The first kappa shape index (κ1) is 39.4. The van der Waals surface area contributed by atoms with Crippen LogP contribution in [0.4, 0.5) is 29.3 Å². The number of nitrogens with one attached hydrogen (secondary N) is 1. The van der Waals surface area contributed by atoms with Crippen molar-refractivity contribution in [3.05, 3.63) is 35.4 Å². The summed E-state index contributed by atoms with van der Waals surface area (Å²) in [6.45, 7) is 13.3. The van der Waals surface area contributed by atoms with Crippen molar-refractivity contribution >= 4 is 55.6 Å².